The van der Waals surface area contributed by atoms with Crippen molar-refractivity contribution in [1.29, 1.82) is 0 Å². The molecule has 0 radical (unpaired) electrons. The van der Waals surface area contributed by atoms with Crippen LogP contribution in [0.3, 0.4) is 0 Å². The molecule has 0 aliphatic carbocycles. The summed E-state index contributed by atoms with van der Waals surface area (Å²) in [5, 5.41) is 0.0446. The Labute approximate surface area is 119 Å². The summed E-state index contributed by atoms with van der Waals surface area (Å²) >= 11 is 0. The molecule has 0 spiro atoms. The third-order valence-electron chi connectivity index (χ3n) is 2.98. The van der Waals surface area contributed by atoms with Gasteiger partial charge < -0.3 is 4.57 Å². The van der Waals surface area contributed by atoms with Crippen molar-refractivity contribution in [2.24, 2.45) is 7.05 Å². The second-order valence-corrected chi connectivity index (χ2v) is 6.21. The molecule has 0 saturated carbocycles. The molecule has 0 aliphatic heterocycles. The highest BCUT2D eigenvalue weighted by molar-refractivity contribution is 7.92. The largest absolute Gasteiger partial charge is 0.337 e. The number of hydrogen-bond acceptors (Lipinski definition) is 3. The number of hydrogen-bond donors (Lipinski definition) is 0. The summed E-state index contributed by atoms with van der Waals surface area (Å²) in [6.07, 6.45) is 3.07. The number of nitrogens with zero attached hydrogens (tertiary/aromatic N) is 3. The molecule has 0 unspecified atom stereocenters. The number of anilines is 1. The molecule has 0 atom stereocenters. The van der Waals surface area contributed by atoms with E-state index in [-0.39, 0.29) is 11.6 Å². The summed E-state index contributed by atoms with van der Waals surface area (Å²) in [4.78, 5) is 4.11. The van der Waals surface area contributed by atoms with E-state index in [0.717, 1.165) is 0 Å². The molecule has 20 heavy (non-hydrogen) atoms. The molecule has 0 aliphatic rings. The minimum Gasteiger partial charge on any atom is -0.337 e. The summed E-state index contributed by atoms with van der Waals surface area (Å²) in [5.41, 5.74) is 0.593. The third kappa shape index (κ3) is 2.60. The second-order valence-electron chi connectivity index (χ2n) is 4.40. The standard InChI is InChI=1S/C14H17N3O2S/c1-4-10-17(13-8-6-5-7-9-13)20(18,19)14-11-16(3)12(2)15-14/h4-9,11H,1,10H2,2-3H3. The fraction of sp³-hybridized carbons (Fsp3) is 0.214. The molecule has 0 saturated heterocycles. The van der Waals surface area contributed by atoms with E-state index in [1.54, 1.807) is 48.9 Å². The SMILES string of the molecule is C=CCN(c1ccccc1)S(=O)(=O)c1cn(C)c(C)n1. The van der Waals surface area contributed by atoms with Gasteiger partial charge in [-0.25, -0.2) is 4.98 Å². The molecular weight excluding hydrogens is 274 g/mol. The smallest absolute Gasteiger partial charge is 0.283 e. The second kappa shape index (κ2) is 5.50. The number of imidazole rings is 1. The summed E-state index contributed by atoms with van der Waals surface area (Å²) in [6.45, 7) is 5.58. The number of aromatic nitrogens is 2. The van der Waals surface area contributed by atoms with Crippen LogP contribution in [-0.4, -0.2) is 24.5 Å². The van der Waals surface area contributed by atoms with E-state index in [4.69, 9.17) is 0 Å². The van der Waals surface area contributed by atoms with E-state index >= 15 is 0 Å². The first-order valence-corrected chi connectivity index (χ1v) is 7.59. The number of aryl methyl sites for hydroxylation is 2. The maximum absolute atomic E-state index is 12.7. The molecule has 1 aromatic carbocycles. The molecule has 106 valence electrons. The Morgan fingerprint density at radius 1 is 1.35 bits per heavy atom. The van der Waals surface area contributed by atoms with Gasteiger partial charge in [0.25, 0.3) is 10.0 Å². The lowest BCUT2D eigenvalue weighted by molar-refractivity contribution is 0.589. The molecule has 1 aromatic heterocycles. The van der Waals surface area contributed by atoms with Crippen LogP contribution in [0.5, 0.6) is 0 Å². The van der Waals surface area contributed by atoms with E-state index < -0.39 is 10.0 Å². The Kier molecular flexibility index (Phi) is 3.94. The minimum atomic E-state index is -3.69. The number of benzene rings is 1. The van der Waals surface area contributed by atoms with E-state index in [1.165, 1.54) is 10.5 Å². The monoisotopic (exact) mass is 291 g/mol. The van der Waals surface area contributed by atoms with Crippen LogP contribution in [-0.2, 0) is 17.1 Å². The van der Waals surface area contributed by atoms with Crippen LogP contribution in [0.4, 0.5) is 5.69 Å². The molecule has 2 aromatic rings. The fourth-order valence-electron chi connectivity index (χ4n) is 1.82. The Morgan fingerprint density at radius 2 is 2.00 bits per heavy atom. The normalized spacial score (nSPS) is 11.3. The van der Waals surface area contributed by atoms with Crippen LogP contribution in [0.2, 0.25) is 0 Å². The van der Waals surface area contributed by atoms with E-state index in [1.807, 2.05) is 6.07 Å². The van der Waals surface area contributed by atoms with Crippen LogP contribution in [0.25, 0.3) is 0 Å². The maximum Gasteiger partial charge on any atom is 0.283 e. The predicted molar refractivity (Wildman–Crippen MR) is 79.1 cm³/mol. The topological polar surface area (TPSA) is 55.2 Å². The summed E-state index contributed by atoms with van der Waals surface area (Å²) in [5.74, 6) is 0.648. The lowest BCUT2D eigenvalue weighted by Crippen LogP contribution is -2.31. The molecule has 5 nitrogen and oxygen atoms in total. The van der Waals surface area contributed by atoms with Crippen molar-refractivity contribution in [2.75, 3.05) is 10.8 Å². The van der Waals surface area contributed by atoms with Crippen LogP contribution in [0, 0.1) is 6.92 Å². The van der Waals surface area contributed by atoms with Gasteiger partial charge in [0.05, 0.1) is 12.2 Å². The first-order valence-electron chi connectivity index (χ1n) is 6.15. The van der Waals surface area contributed by atoms with Gasteiger partial charge in [0, 0.05) is 13.2 Å². The zero-order valence-corrected chi connectivity index (χ0v) is 12.3. The van der Waals surface area contributed by atoms with Crippen molar-refractivity contribution in [1.82, 2.24) is 9.55 Å². The molecule has 0 fully saturated rings. The lowest BCUT2D eigenvalue weighted by Gasteiger charge is -2.21. The highest BCUT2D eigenvalue weighted by Crippen LogP contribution is 2.22. The van der Waals surface area contributed by atoms with Gasteiger partial charge in [-0.15, -0.1) is 6.58 Å². The number of rotatable bonds is 5. The Balaban J connectivity index is 2.50. The van der Waals surface area contributed by atoms with Gasteiger partial charge in [-0.1, -0.05) is 24.3 Å². The number of sulfonamides is 1. The van der Waals surface area contributed by atoms with Gasteiger partial charge in [-0.05, 0) is 19.1 Å². The average molecular weight is 291 g/mol. The highest BCUT2D eigenvalue weighted by Gasteiger charge is 2.26. The van der Waals surface area contributed by atoms with Crippen LogP contribution >= 0.6 is 0 Å². The van der Waals surface area contributed by atoms with Crippen molar-refractivity contribution in [3.8, 4) is 0 Å². The zero-order valence-electron chi connectivity index (χ0n) is 11.5. The van der Waals surface area contributed by atoms with Gasteiger partial charge in [0.1, 0.15) is 5.82 Å². The Morgan fingerprint density at radius 3 is 2.50 bits per heavy atom. The lowest BCUT2D eigenvalue weighted by atomic mass is 10.3. The Bertz CT molecular complexity index is 686. The average Bonchev–Trinajstić information content (AvgIpc) is 2.77. The van der Waals surface area contributed by atoms with Gasteiger partial charge in [0.15, 0.2) is 5.03 Å². The van der Waals surface area contributed by atoms with Crippen LogP contribution in [0.15, 0.2) is 54.2 Å². The fourth-order valence-corrected chi connectivity index (χ4v) is 3.28. The van der Waals surface area contributed by atoms with E-state index in [2.05, 4.69) is 11.6 Å². The van der Waals surface area contributed by atoms with E-state index in [9.17, 15) is 8.42 Å². The highest BCUT2D eigenvalue weighted by atomic mass is 32.2. The predicted octanol–water partition coefficient (Wildman–Crippen LogP) is 2.11. The summed E-state index contributed by atoms with van der Waals surface area (Å²) in [7, 11) is -1.92. The molecule has 0 amide bonds. The van der Waals surface area contributed by atoms with Crippen molar-refractivity contribution < 1.29 is 8.42 Å². The number of para-hydroxylation sites is 1. The minimum absolute atomic E-state index is 0.0446. The molecule has 2 rings (SSSR count). The summed E-state index contributed by atoms with van der Waals surface area (Å²) < 4.78 is 28.4. The molecule has 1 heterocycles. The summed E-state index contributed by atoms with van der Waals surface area (Å²) in [6, 6.07) is 8.93. The first kappa shape index (κ1) is 14.3. The van der Waals surface area contributed by atoms with Crippen molar-refractivity contribution in [3.05, 3.63) is 55.0 Å². The van der Waals surface area contributed by atoms with Gasteiger partial charge in [0.2, 0.25) is 0 Å². The molecule has 0 N–H and O–H groups in total. The molecule has 6 heteroatoms. The van der Waals surface area contributed by atoms with Crippen LogP contribution < -0.4 is 4.31 Å². The molecule has 0 bridgehead atoms. The maximum atomic E-state index is 12.7. The van der Waals surface area contributed by atoms with Gasteiger partial charge >= 0.3 is 0 Å². The van der Waals surface area contributed by atoms with Gasteiger partial charge in [-0.3, -0.25) is 4.31 Å². The van der Waals surface area contributed by atoms with Crippen molar-refractivity contribution in [2.45, 2.75) is 11.9 Å². The first-order chi connectivity index (χ1) is 9.46. The molecular formula is C14H17N3O2S. The Hall–Kier alpha value is -2.08. The van der Waals surface area contributed by atoms with Gasteiger partial charge in [-0.2, -0.15) is 8.42 Å². The van der Waals surface area contributed by atoms with Crippen molar-refractivity contribution in [3.63, 3.8) is 0 Å². The zero-order chi connectivity index (χ0) is 14.8. The van der Waals surface area contributed by atoms with E-state index in [0.29, 0.717) is 11.5 Å². The quantitative estimate of drug-likeness (QED) is 0.793. The third-order valence-corrected chi connectivity index (χ3v) is 4.65. The van der Waals surface area contributed by atoms with Crippen LogP contribution in [0.1, 0.15) is 5.82 Å². The van der Waals surface area contributed by atoms with Crippen molar-refractivity contribution >= 4 is 15.7 Å².